The van der Waals surface area contributed by atoms with Crippen LogP contribution in [0, 0.1) is 0 Å². The third-order valence-electron chi connectivity index (χ3n) is 4.49. The minimum atomic E-state index is 0. The average molecular weight is 494 g/mol. The molecule has 0 unspecified atom stereocenters. The van der Waals surface area contributed by atoms with Crippen LogP contribution in [0.5, 0.6) is 0 Å². The molecular weight excluding hydrogens is 463 g/mol. The second kappa shape index (κ2) is 8.83. The predicted octanol–water partition coefficient (Wildman–Crippen LogP) is 5.38. The van der Waals surface area contributed by atoms with Crippen LogP contribution < -0.4 is 0 Å². The third kappa shape index (κ3) is 3.79. The number of nitrogens with zero attached hydrogens (tertiary/aromatic N) is 2. The molecule has 3 heteroatoms. The van der Waals surface area contributed by atoms with Crippen LogP contribution in [0.3, 0.4) is 0 Å². The van der Waals surface area contributed by atoms with E-state index in [4.69, 9.17) is 5.10 Å². The van der Waals surface area contributed by atoms with Gasteiger partial charge in [0.25, 0.3) is 0 Å². The quantitative estimate of drug-likeness (QED) is 0.529. The van der Waals surface area contributed by atoms with E-state index in [1.807, 2.05) is 0 Å². The molecule has 0 aliphatic carbocycles. The molecule has 0 saturated heterocycles. The summed E-state index contributed by atoms with van der Waals surface area (Å²) in [5, 5.41) is 4.94. The van der Waals surface area contributed by atoms with Crippen molar-refractivity contribution < 1.29 is 21.1 Å². The Labute approximate surface area is 155 Å². The second-order valence-corrected chi connectivity index (χ2v) is 6.17. The van der Waals surface area contributed by atoms with E-state index in [9.17, 15) is 0 Å². The summed E-state index contributed by atoms with van der Waals surface area (Å²) >= 11 is 0. The van der Waals surface area contributed by atoms with Crippen LogP contribution in [0.15, 0.2) is 18.2 Å². The molecule has 0 fully saturated rings. The van der Waals surface area contributed by atoms with Crippen molar-refractivity contribution in [2.24, 2.45) is 0 Å². The standard InChI is InChI=1S/C20H30N2.Pt/c1-7-15-12-11-13-16(8-2)19(15)20-17(9-3)21-22(14(5)6)18(20)10-4;/h11-14H,7-10H2,1-6H3;. The van der Waals surface area contributed by atoms with E-state index >= 15 is 0 Å². The van der Waals surface area contributed by atoms with Gasteiger partial charge in [0.2, 0.25) is 0 Å². The summed E-state index contributed by atoms with van der Waals surface area (Å²) < 4.78 is 2.24. The Morgan fingerprint density at radius 3 is 1.83 bits per heavy atom. The first kappa shape index (κ1) is 20.2. The molecule has 2 nitrogen and oxygen atoms in total. The van der Waals surface area contributed by atoms with E-state index in [2.05, 4.69) is 64.4 Å². The number of benzene rings is 1. The molecule has 0 radical (unpaired) electrons. The Hall–Kier alpha value is -0.882. The molecule has 130 valence electrons. The summed E-state index contributed by atoms with van der Waals surface area (Å²) in [6, 6.07) is 7.17. The molecule has 1 aromatic carbocycles. The molecule has 1 aromatic heterocycles. The fourth-order valence-corrected chi connectivity index (χ4v) is 3.39. The Balaban J connectivity index is 0.00000264. The van der Waals surface area contributed by atoms with Crippen LogP contribution in [-0.4, -0.2) is 9.78 Å². The molecule has 2 aromatic rings. The topological polar surface area (TPSA) is 17.8 Å². The van der Waals surface area contributed by atoms with Crippen LogP contribution in [0.2, 0.25) is 0 Å². The second-order valence-electron chi connectivity index (χ2n) is 6.17. The van der Waals surface area contributed by atoms with Gasteiger partial charge in [-0.25, -0.2) is 0 Å². The molecular formula is C20H30N2Pt. The van der Waals surface area contributed by atoms with Crippen LogP contribution in [-0.2, 0) is 46.7 Å². The maximum atomic E-state index is 4.94. The summed E-state index contributed by atoms with van der Waals surface area (Å²) in [4.78, 5) is 0. The van der Waals surface area contributed by atoms with Crippen molar-refractivity contribution in [2.45, 2.75) is 73.3 Å². The molecule has 0 N–H and O–H groups in total. The SMILES string of the molecule is CCc1cccc(CC)c1-c1c(CC)nn(C(C)C)c1CC.[Pt]. The van der Waals surface area contributed by atoms with Crippen molar-refractivity contribution in [2.75, 3.05) is 0 Å². The first-order valence-corrected chi connectivity index (χ1v) is 8.80. The van der Waals surface area contributed by atoms with Crippen molar-refractivity contribution in [3.8, 4) is 11.1 Å². The van der Waals surface area contributed by atoms with E-state index in [1.54, 1.807) is 0 Å². The van der Waals surface area contributed by atoms with Crippen molar-refractivity contribution in [3.05, 3.63) is 40.7 Å². The van der Waals surface area contributed by atoms with Gasteiger partial charge in [0.15, 0.2) is 0 Å². The molecule has 0 aliphatic heterocycles. The van der Waals surface area contributed by atoms with Crippen molar-refractivity contribution in [1.29, 1.82) is 0 Å². The summed E-state index contributed by atoms with van der Waals surface area (Å²) in [7, 11) is 0. The molecule has 1 heterocycles. The van der Waals surface area contributed by atoms with E-state index in [1.165, 1.54) is 33.6 Å². The van der Waals surface area contributed by atoms with Crippen LogP contribution >= 0.6 is 0 Å². The number of hydrogen-bond acceptors (Lipinski definition) is 1. The van der Waals surface area contributed by atoms with Crippen LogP contribution in [0.1, 0.15) is 70.1 Å². The average Bonchev–Trinajstić information content (AvgIpc) is 2.92. The zero-order valence-corrected chi connectivity index (χ0v) is 17.6. The Morgan fingerprint density at radius 1 is 0.870 bits per heavy atom. The maximum Gasteiger partial charge on any atom is 0.0703 e. The minimum Gasteiger partial charge on any atom is -0.266 e. The summed E-state index contributed by atoms with van der Waals surface area (Å²) in [5.74, 6) is 0. The molecule has 23 heavy (non-hydrogen) atoms. The normalized spacial score (nSPS) is 10.9. The van der Waals surface area contributed by atoms with Crippen LogP contribution in [0.25, 0.3) is 11.1 Å². The third-order valence-corrected chi connectivity index (χ3v) is 4.49. The molecule has 0 atom stereocenters. The van der Waals surface area contributed by atoms with Gasteiger partial charge >= 0.3 is 0 Å². The molecule has 2 rings (SSSR count). The number of rotatable bonds is 6. The molecule has 0 saturated carbocycles. The molecule has 0 aliphatic rings. The first-order valence-electron chi connectivity index (χ1n) is 8.80. The van der Waals surface area contributed by atoms with Gasteiger partial charge in [0.1, 0.15) is 0 Å². The zero-order chi connectivity index (χ0) is 16.3. The Morgan fingerprint density at radius 2 is 1.43 bits per heavy atom. The first-order chi connectivity index (χ1) is 10.6. The van der Waals surface area contributed by atoms with Crippen molar-refractivity contribution >= 4 is 0 Å². The van der Waals surface area contributed by atoms with Gasteiger partial charge in [-0.2, -0.15) is 5.10 Å². The summed E-state index contributed by atoms with van der Waals surface area (Å²) in [6.07, 6.45) is 4.16. The zero-order valence-electron chi connectivity index (χ0n) is 15.3. The summed E-state index contributed by atoms with van der Waals surface area (Å²) in [5.41, 5.74) is 8.41. The van der Waals surface area contributed by atoms with Gasteiger partial charge in [-0.05, 0) is 56.2 Å². The van der Waals surface area contributed by atoms with E-state index in [-0.39, 0.29) is 21.1 Å². The monoisotopic (exact) mass is 493 g/mol. The van der Waals surface area contributed by atoms with E-state index < -0.39 is 0 Å². The van der Waals surface area contributed by atoms with Gasteiger partial charge in [0.05, 0.1) is 5.69 Å². The number of aromatic nitrogens is 2. The maximum absolute atomic E-state index is 4.94. The molecule has 0 bridgehead atoms. The van der Waals surface area contributed by atoms with Crippen molar-refractivity contribution in [1.82, 2.24) is 9.78 Å². The minimum absolute atomic E-state index is 0. The van der Waals surface area contributed by atoms with Gasteiger partial charge in [-0.15, -0.1) is 0 Å². The molecule has 0 amide bonds. The summed E-state index contributed by atoms with van der Waals surface area (Å²) in [6.45, 7) is 13.4. The van der Waals surface area contributed by atoms with Gasteiger partial charge in [-0.1, -0.05) is 45.9 Å². The Kier molecular flexibility index (Phi) is 7.74. The Bertz CT molecular complexity index is 619. The van der Waals surface area contributed by atoms with Gasteiger partial charge in [0, 0.05) is 38.4 Å². The predicted molar refractivity (Wildman–Crippen MR) is 95.6 cm³/mol. The fourth-order valence-electron chi connectivity index (χ4n) is 3.39. The smallest absolute Gasteiger partial charge is 0.0703 e. The molecule has 0 spiro atoms. The largest absolute Gasteiger partial charge is 0.266 e. The number of hydrogen-bond donors (Lipinski definition) is 0. The van der Waals surface area contributed by atoms with E-state index in [0.29, 0.717) is 6.04 Å². The van der Waals surface area contributed by atoms with Crippen molar-refractivity contribution in [3.63, 3.8) is 0 Å². The number of aryl methyl sites for hydroxylation is 3. The fraction of sp³-hybridized carbons (Fsp3) is 0.550. The van der Waals surface area contributed by atoms with E-state index in [0.717, 1.165) is 25.7 Å². The van der Waals surface area contributed by atoms with Crippen LogP contribution in [0.4, 0.5) is 0 Å². The van der Waals surface area contributed by atoms with Gasteiger partial charge < -0.3 is 0 Å². The van der Waals surface area contributed by atoms with Gasteiger partial charge in [-0.3, -0.25) is 4.68 Å².